The van der Waals surface area contributed by atoms with Gasteiger partial charge < -0.3 is 39.9 Å². The second-order valence-corrected chi connectivity index (χ2v) is 18.1. The summed E-state index contributed by atoms with van der Waals surface area (Å²) in [6.07, 6.45) is 10.7. The Balaban J connectivity index is 0.878. The number of thiophene rings is 1. The molecule has 2 aromatic carbocycles. The molecule has 0 saturated carbocycles. The van der Waals surface area contributed by atoms with Gasteiger partial charge in [0.15, 0.2) is 0 Å². The SMILES string of the molecule is COC(=O)N[C@H](CC(=O)N1CCC[C@H]1c1ncc(-c2ccc(-c3ccc(-c4cnc([C@@H]5CCCN5C(=O)C[C@H](Cc5cccs5)NC(=O)OC)[nH]4)cc3)cc2)[nH]1)CC1=CCCS1. The molecule has 4 amide bonds. The summed E-state index contributed by atoms with van der Waals surface area (Å²) >= 11 is 3.37. The van der Waals surface area contributed by atoms with Gasteiger partial charge in [0.1, 0.15) is 11.6 Å². The number of nitrogens with zero attached hydrogens (tertiary/aromatic N) is 4. The number of carbonyl (C=O) groups is 4. The molecule has 62 heavy (non-hydrogen) atoms. The van der Waals surface area contributed by atoms with E-state index in [9.17, 15) is 19.2 Å². The van der Waals surface area contributed by atoms with Gasteiger partial charge >= 0.3 is 12.2 Å². The van der Waals surface area contributed by atoms with Gasteiger partial charge in [0.2, 0.25) is 11.8 Å². The molecule has 0 aliphatic carbocycles. The summed E-state index contributed by atoms with van der Waals surface area (Å²) in [7, 11) is 2.66. The minimum atomic E-state index is -0.548. The van der Waals surface area contributed by atoms with Crippen LogP contribution >= 0.6 is 23.1 Å². The van der Waals surface area contributed by atoms with Gasteiger partial charge in [0, 0.05) is 55.1 Å². The van der Waals surface area contributed by atoms with Crippen molar-refractivity contribution in [2.24, 2.45) is 0 Å². The standard InChI is InChI=1S/C46H52N8O6S2/c1-59-45(57)49-33(23-35-7-5-21-61-35)25-41(55)53-19-3-9-39(53)43-47-27-37(51-43)31-15-11-29(12-16-31)30-13-17-32(18-14-30)38-28-48-44(52-38)40-10-4-20-54(40)42(56)26-34(50-46(58)60-2)24-36-8-6-22-62-36/h5,7-8,11-18,21,27-28,33-34,39-40H,3-4,6,9-10,19-20,22-26H2,1-2H3,(H,47,51)(H,48,52)(H,49,57)(H,50,58)/t33-,34-,39-,40-/m0/s1. The third-order valence-corrected chi connectivity index (χ3v) is 13.8. The number of aromatic nitrogens is 4. The second kappa shape index (κ2) is 19.9. The van der Waals surface area contributed by atoms with Crippen LogP contribution in [-0.2, 0) is 25.5 Å². The Kier molecular flexibility index (Phi) is 13.7. The fourth-order valence-electron chi connectivity index (χ4n) is 8.67. The summed E-state index contributed by atoms with van der Waals surface area (Å²) in [5.74, 6) is 2.51. The summed E-state index contributed by atoms with van der Waals surface area (Å²) in [5, 5.41) is 7.70. The Hall–Kier alpha value is -5.87. The van der Waals surface area contributed by atoms with Gasteiger partial charge in [0.25, 0.3) is 0 Å². The number of hydrogen-bond acceptors (Lipinski definition) is 10. The number of benzene rings is 2. The van der Waals surface area contributed by atoms with Gasteiger partial charge in [-0.2, -0.15) is 0 Å². The second-order valence-electron chi connectivity index (χ2n) is 15.9. The smallest absolute Gasteiger partial charge is 0.407 e. The number of imidazole rings is 2. The summed E-state index contributed by atoms with van der Waals surface area (Å²) in [6, 6.07) is 19.6. The van der Waals surface area contributed by atoms with Crippen LogP contribution in [0.15, 0.2) is 89.4 Å². The first-order valence-electron chi connectivity index (χ1n) is 21.2. The molecule has 5 aromatic rings. The van der Waals surface area contributed by atoms with Gasteiger partial charge in [-0.15, -0.1) is 23.1 Å². The van der Waals surface area contributed by atoms with Crippen molar-refractivity contribution in [1.29, 1.82) is 0 Å². The maximum Gasteiger partial charge on any atom is 0.407 e. The van der Waals surface area contributed by atoms with Crippen molar-refractivity contribution in [1.82, 2.24) is 40.4 Å². The van der Waals surface area contributed by atoms with Crippen LogP contribution in [-0.4, -0.2) is 98.9 Å². The minimum absolute atomic E-state index is 0.00649. The lowest BCUT2D eigenvalue weighted by molar-refractivity contribution is -0.133. The van der Waals surface area contributed by atoms with E-state index in [1.54, 1.807) is 23.1 Å². The number of thioether (sulfide) groups is 1. The molecule has 0 unspecified atom stereocenters. The van der Waals surface area contributed by atoms with Crippen LogP contribution in [0.2, 0.25) is 0 Å². The van der Waals surface area contributed by atoms with E-state index < -0.39 is 12.2 Å². The van der Waals surface area contributed by atoms with Gasteiger partial charge in [0.05, 0.1) is 50.1 Å². The Morgan fingerprint density at radius 3 is 1.68 bits per heavy atom. The van der Waals surface area contributed by atoms with E-state index in [1.807, 2.05) is 39.7 Å². The van der Waals surface area contributed by atoms with Crippen LogP contribution in [0.3, 0.4) is 0 Å². The molecule has 16 heteroatoms. The van der Waals surface area contributed by atoms with Gasteiger partial charge in [-0.3, -0.25) is 9.59 Å². The van der Waals surface area contributed by atoms with E-state index in [0.717, 1.165) is 88.0 Å². The highest BCUT2D eigenvalue weighted by Gasteiger charge is 2.35. The maximum absolute atomic E-state index is 13.7. The van der Waals surface area contributed by atoms with Crippen LogP contribution in [0.4, 0.5) is 9.59 Å². The lowest BCUT2D eigenvalue weighted by Crippen LogP contribution is -2.41. The number of allylic oxidation sites excluding steroid dienone is 1. The van der Waals surface area contributed by atoms with E-state index in [-0.39, 0.29) is 48.8 Å². The number of amides is 4. The lowest BCUT2D eigenvalue weighted by Gasteiger charge is -2.26. The lowest BCUT2D eigenvalue weighted by atomic mass is 10.0. The molecular weight excluding hydrogens is 825 g/mol. The summed E-state index contributed by atoms with van der Waals surface area (Å²) in [4.78, 5) is 74.0. The topological polar surface area (TPSA) is 175 Å². The monoisotopic (exact) mass is 876 g/mol. The first-order valence-corrected chi connectivity index (χ1v) is 23.0. The molecule has 324 valence electrons. The molecule has 8 rings (SSSR count). The van der Waals surface area contributed by atoms with Crippen molar-refractivity contribution in [3.05, 3.63) is 106 Å². The quantitative estimate of drug-likeness (QED) is 0.0805. The first kappa shape index (κ1) is 42.8. The summed E-state index contributed by atoms with van der Waals surface area (Å²) < 4.78 is 9.69. The number of ether oxygens (including phenoxy) is 2. The number of rotatable bonds is 15. The number of carbonyl (C=O) groups excluding carboxylic acids is 4. The molecule has 4 atom stereocenters. The highest BCUT2D eigenvalue weighted by atomic mass is 32.2. The van der Waals surface area contributed by atoms with Crippen LogP contribution < -0.4 is 10.6 Å². The van der Waals surface area contributed by atoms with E-state index in [2.05, 4.69) is 75.2 Å². The predicted octanol–water partition coefficient (Wildman–Crippen LogP) is 8.41. The summed E-state index contributed by atoms with van der Waals surface area (Å²) in [5.41, 5.74) is 5.87. The number of likely N-dealkylation sites (tertiary alicyclic amines) is 2. The number of H-pyrrole nitrogens is 2. The van der Waals surface area contributed by atoms with Gasteiger partial charge in [-0.1, -0.05) is 60.7 Å². The molecule has 2 fully saturated rings. The van der Waals surface area contributed by atoms with Crippen LogP contribution in [0.5, 0.6) is 0 Å². The Morgan fingerprint density at radius 2 is 1.23 bits per heavy atom. The van der Waals surface area contributed by atoms with Crippen molar-refractivity contribution in [2.45, 2.75) is 82.0 Å². The average Bonchev–Trinajstić information content (AvgIpc) is 4.14. The maximum atomic E-state index is 13.7. The first-order chi connectivity index (χ1) is 30.2. The number of aromatic amines is 2. The van der Waals surface area contributed by atoms with E-state index in [1.165, 1.54) is 19.1 Å². The fraction of sp³-hybridized carbons (Fsp3) is 0.391. The number of nitrogens with one attached hydrogen (secondary N) is 4. The molecule has 0 spiro atoms. The zero-order valence-electron chi connectivity index (χ0n) is 34.9. The molecule has 0 bridgehead atoms. The zero-order valence-corrected chi connectivity index (χ0v) is 36.6. The fourth-order valence-corrected chi connectivity index (χ4v) is 10.5. The number of methoxy groups -OCH3 is 2. The molecule has 3 aliphatic rings. The predicted molar refractivity (Wildman–Crippen MR) is 240 cm³/mol. The molecule has 3 aromatic heterocycles. The molecule has 2 saturated heterocycles. The molecule has 4 N–H and O–H groups in total. The van der Waals surface area contributed by atoms with Crippen LogP contribution in [0, 0.1) is 0 Å². The number of hydrogen-bond donors (Lipinski definition) is 4. The van der Waals surface area contributed by atoms with Crippen molar-refractivity contribution in [2.75, 3.05) is 33.1 Å². The number of alkyl carbamates (subject to hydrolysis) is 2. The molecular formula is C46H52N8O6S2. The minimum Gasteiger partial charge on any atom is -0.453 e. The van der Waals surface area contributed by atoms with E-state index in [0.29, 0.717) is 25.9 Å². The van der Waals surface area contributed by atoms with Crippen molar-refractivity contribution in [3.8, 4) is 33.6 Å². The van der Waals surface area contributed by atoms with E-state index >= 15 is 0 Å². The van der Waals surface area contributed by atoms with Crippen LogP contribution in [0.25, 0.3) is 33.6 Å². The third kappa shape index (κ3) is 10.2. The molecule has 0 radical (unpaired) electrons. The Labute approximate surface area is 369 Å². The normalized spacial score (nSPS) is 18.3. The molecule has 3 aliphatic heterocycles. The third-order valence-electron chi connectivity index (χ3n) is 11.8. The largest absolute Gasteiger partial charge is 0.453 e. The van der Waals surface area contributed by atoms with Crippen molar-refractivity contribution >= 4 is 47.1 Å². The van der Waals surface area contributed by atoms with Crippen LogP contribution in [0.1, 0.15) is 80.0 Å². The Bertz CT molecular complexity index is 2360. The van der Waals surface area contributed by atoms with Crippen molar-refractivity contribution in [3.63, 3.8) is 0 Å². The van der Waals surface area contributed by atoms with E-state index in [4.69, 9.17) is 19.4 Å². The average molecular weight is 877 g/mol. The summed E-state index contributed by atoms with van der Waals surface area (Å²) in [6.45, 7) is 1.28. The highest BCUT2D eigenvalue weighted by Crippen LogP contribution is 2.36. The zero-order chi connectivity index (χ0) is 43.0. The highest BCUT2D eigenvalue weighted by molar-refractivity contribution is 8.03. The Morgan fingerprint density at radius 1 is 0.726 bits per heavy atom. The molecule has 6 heterocycles. The van der Waals surface area contributed by atoms with Gasteiger partial charge in [-0.25, -0.2) is 19.6 Å². The molecule has 14 nitrogen and oxygen atoms in total. The van der Waals surface area contributed by atoms with Crippen molar-refractivity contribution < 1.29 is 28.7 Å². The van der Waals surface area contributed by atoms with Gasteiger partial charge in [-0.05, 0) is 77.1 Å².